The minimum absolute atomic E-state index is 0.0307. The number of rotatable bonds is 7. The van der Waals surface area contributed by atoms with Crippen LogP contribution in [0.2, 0.25) is 1.41 Å². The number of hydrogen-bond acceptors (Lipinski definition) is 6. The van der Waals surface area contributed by atoms with Crippen molar-refractivity contribution in [2.45, 2.75) is 25.9 Å². The predicted molar refractivity (Wildman–Crippen MR) is 73.9 cm³/mol. The first-order valence-corrected chi connectivity index (χ1v) is 6.62. The summed E-state index contributed by atoms with van der Waals surface area (Å²) in [5.74, 6) is -1.82. The summed E-state index contributed by atoms with van der Waals surface area (Å²) < 4.78 is 12.2. The van der Waals surface area contributed by atoms with Crippen LogP contribution in [-0.4, -0.2) is 48.0 Å². The molecule has 18 heavy (non-hydrogen) atoms. The van der Waals surface area contributed by atoms with E-state index >= 15 is 0 Å². The minimum Gasteiger partial charge on any atom is -0.464 e. The SMILES string of the molecule is [2H]N(C(C)=O)[C@@H](CS)C(=O)N[C@@H](CS)C(=O)OCC. The zero-order chi connectivity index (χ0) is 15.0. The highest BCUT2D eigenvalue weighted by atomic mass is 32.1. The van der Waals surface area contributed by atoms with E-state index in [2.05, 4.69) is 30.6 Å². The Bertz CT molecular complexity index is 343. The van der Waals surface area contributed by atoms with Gasteiger partial charge in [0.25, 0.3) is 0 Å². The Morgan fingerprint density at radius 3 is 2.22 bits per heavy atom. The smallest absolute Gasteiger partial charge is 0.329 e. The maximum atomic E-state index is 11.9. The standard InChI is InChI=1S/C10H18N2O4S2/c1-3-16-10(15)8(5-18)12-9(14)7(4-17)11-6(2)13/h7-8,17-18H,3-5H2,1-2H3,(H,11,13)(H,12,14)/t7-,8-/m0/s1/i/hD. The molecule has 0 saturated heterocycles. The summed E-state index contributed by atoms with van der Waals surface area (Å²) in [5.41, 5.74) is 0. The monoisotopic (exact) mass is 295 g/mol. The number of esters is 1. The maximum Gasteiger partial charge on any atom is 0.329 e. The van der Waals surface area contributed by atoms with Crippen LogP contribution in [0.5, 0.6) is 0 Å². The fourth-order valence-corrected chi connectivity index (χ4v) is 1.58. The summed E-state index contributed by atoms with van der Waals surface area (Å²) in [6.07, 6.45) is 0. The van der Waals surface area contributed by atoms with Crippen molar-refractivity contribution in [2.24, 2.45) is 0 Å². The average Bonchev–Trinajstić information content (AvgIpc) is 2.36. The Morgan fingerprint density at radius 2 is 1.83 bits per heavy atom. The molecule has 0 unspecified atom stereocenters. The van der Waals surface area contributed by atoms with Gasteiger partial charge in [0.1, 0.15) is 12.1 Å². The molecule has 104 valence electrons. The lowest BCUT2D eigenvalue weighted by Gasteiger charge is -2.19. The topological polar surface area (TPSA) is 84.5 Å². The van der Waals surface area contributed by atoms with Crippen LogP contribution >= 0.6 is 25.3 Å². The molecular formula is C10H18N2O4S2. The van der Waals surface area contributed by atoms with Crippen molar-refractivity contribution >= 4 is 43.0 Å². The second-order valence-electron chi connectivity index (χ2n) is 3.34. The molecule has 0 spiro atoms. The lowest BCUT2D eigenvalue weighted by molar-refractivity contribution is -0.146. The van der Waals surface area contributed by atoms with Crippen LogP contribution in [0.25, 0.3) is 0 Å². The first-order chi connectivity index (χ1) is 8.88. The van der Waals surface area contributed by atoms with Crippen molar-refractivity contribution in [3.63, 3.8) is 0 Å². The van der Waals surface area contributed by atoms with E-state index in [1.807, 2.05) is 0 Å². The molecule has 2 amide bonds. The summed E-state index contributed by atoms with van der Waals surface area (Å²) in [4.78, 5) is 34.4. The first kappa shape index (κ1) is 15.2. The normalized spacial score (nSPS) is 14.1. The molecule has 0 radical (unpaired) electrons. The van der Waals surface area contributed by atoms with Crippen LogP contribution in [0.15, 0.2) is 0 Å². The van der Waals surface area contributed by atoms with E-state index in [0.717, 1.165) is 6.92 Å². The molecule has 0 rings (SSSR count). The van der Waals surface area contributed by atoms with Gasteiger partial charge in [-0.05, 0) is 6.92 Å². The van der Waals surface area contributed by atoms with Crippen LogP contribution in [0.3, 0.4) is 0 Å². The molecule has 2 N–H and O–H groups in total. The highest BCUT2D eigenvalue weighted by Crippen LogP contribution is 1.96. The molecule has 0 aliphatic heterocycles. The van der Waals surface area contributed by atoms with Crippen molar-refractivity contribution in [2.75, 3.05) is 18.1 Å². The number of carbonyl (C=O) groups excluding carboxylic acids is 3. The van der Waals surface area contributed by atoms with Crippen molar-refractivity contribution in [3.8, 4) is 0 Å². The highest BCUT2D eigenvalue weighted by molar-refractivity contribution is 7.80. The van der Waals surface area contributed by atoms with Gasteiger partial charge < -0.3 is 15.4 Å². The minimum atomic E-state index is -1.07. The Labute approximate surface area is 118 Å². The fraction of sp³-hybridized carbons (Fsp3) is 0.700. The van der Waals surface area contributed by atoms with Gasteiger partial charge >= 0.3 is 5.97 Å². The molecule has 0 aromatic carbocycles. The van der Waals surface area contributed by atoms with E-state index in [9.17, 15) is 14.4 Å². The van der Waals surface area contributed by atoms with Gasteiger partial charge in [-0.2, -0.15) is 25.3 Å². The number of thiol groups is 2. The molecule has 8 heteroatoms. The van der Waals surface area contributed by atoms with E-state index in [1.165, 1.54) is 0 Å². The second-order valence-corrected chi connectivity index (χ2v) is 4.07. The van der Waals surface area contributed by atoms with E-state index in [4.69, 9.17) is 6.15 Å². The van der Waals surface area contributed by atoms with Crippen LogP contribution in [0.4, 0.5) is 0 Å². The van der Waals surface area contributed by atoms with Gasteiger partial charge in [-0.3, -0.25) is 9.59 Å². The molecule has 6 nitrogen and oxygen atoms in total. The van der Waals surface area contributed by atoms with Gasteiger partial charge in [-0.1, -0.05) is 0 Å². The average molecular weight is 295 g/mol. The largest absolute Gasteiger partial charge is 0.464 e. The summed E-state index contributed by atoms with van der Waals surface area (Å²) in [7, 11) is 0. The predicted octanol–water partition coefficient (Wildman–Crippen LogP) is -0.601. The zero-order valence-electron chi connectivity index (χ0n) is 11.3. The number of hydrogen-bond donors (Lipinski definition) is 4. The van der Waals surface area contributed by atoms with Crippen molar-refractivity contribution in [1.29, 1.82) is 0 Å². The lowest BCUT2D eigenvalue weighted by Crippen LogP contribution is -2.53. The zero-order valence-corrected chi connectivity index (χ0v) is 12.0. The quantitative estimate of drug-likeness (QED) is 0.373. The molecule has 0 aromatic heterocycles. The van der Waals surface area contributed by atoms with Gasteiger partial charge in [0.15, 0.2) is 1.41 Å². The van der Waals surface area contributed by atoms with Crippen LogP contribution in [0.1, 0.15) is 13.8 Å². The number of amides is 2. The molecule has 2 atom stereocenters. The third-order valence-corrected chi connectivity index (χ3v) is 2.59. The summed E-state index contributed by atoms with van der Waals surface area (Å²) >= 11 is 7.87. The molecule has 0 saturated carbocycles. The van der Waals surface area contributed by atoms with Gasteiger partial charge in [-0.25, -0.2) is 4.79 Å². The van der Waals surface area contributed by atoms with E-state index in [-0.39, 0.29) is 18.1 Å². The van der Waals surface area contributed by atoms with E-state index < -0.39 is 29.9 Å². The van der Waals surface area contributed by atoms with Crippen molar-refractivity contribution < 1.29 is 20.5 Å². The molecule has 0 aliphatic rings. The number of ether oxygens (including phenoxy) is 1. The Kier molecular flexibility index (Phi) is 7.66. The summed E-state index contributed by atoms with van der Waals surface area (Å²) in [6, 6.07) is -1.99. The van der Waals surface area contributed by atoms with E-state index in [0.29, 0.717) is 5.31 Å². The van der Waals surface area contributed by atoms with Crippen molar-refractivity contribution in [1.82, 2.24) is 10.6 Å². The third kappa shape index (κ3) is 6.15. The van der Waals surface area contributed by atoms with Gasteiger partial charge in [0.2, 0.25) is 11.8 Å². The van der Waals surface area contributed by atoms with Gasteiger partial charge in [0.05, 0.1) is 6.61 Å². The Balaban J connectivity index is 4.70. The van der Waals surface area contributed by atoms with Crippen molar-refractivity contribution in [3.05, 3.63) is 0 Å². The van der Waals surface area contributed by atoms with Gasteiger partial charge in [-0.15, -0.1) is 0 Å². The number of nitrogens with one attached hydrogen (secondary N) is 2. The molecule has 0 heterocycles. The second kappa shape index (κ2) is 9.09. The summed E-state index contributed by atoms with van der Waals surface area (Å²) in [6.45, 7) is 3.00. The van der Waals surface area contributed by atoms with Crippen LogP contribution in [-0.2, 0) is 19.1 Å². The molecule has 0 bridgehead atoms. The van der Waals surface area contributed by atoms with Crippen LogP contribution in [0, 0.1) is 0 Å². The van der Waals surface area contributed by atoms with Gasteiger partial charge in [0, 0.05) is 18.4 Å². The molecular weight excluding hydrogens is 276 g/mol. The fourth-order valence-electron chi connectivity index (χ4n) is 1.09. The summed E-state index contributed by atoms with van der Waals surface area (Å²) in [5, 5.41) is 2.90. The third-order valence-electron chi connectivity index (χ3n) is 1.88. The first-order valence-electron chi connectivity index (χ1n) is 5.81. The lowest BCUT2D eigenvalue weighted by atomic mass is 10.2. The Morgan fingerprint density at radius 1 is 1.28 bits per heavy atom. The Hall–Kier alpha value is -0.890. The maximum absolute atomic E-state index is 11.9. The molecule has 0 aromatic rings. The van der Waals surface area contributed by atoms with Crippen LogP contribution < -0.4 is 10.6 Å². The highest BCUT2D eigenvalue weighted by Gasteiger charge is 2.25. The molecule has 0 fully saturated rings. The van der Waals surface area contributed by atoms with E-state index in [1.54, 1.807) is 6.92 Å². The number of carbonyl (C=O) groups is 3. The molecule has 0 aliphatic carbocycles.